The Hall–Kier alpha value is -2.13. The number of rotatable bonds is 8. The molecule has 0 unspecified atom stereocenters. The van der Waals surface area contributed by atoms with Crippen molar-refractivity contribution in [3.05, 3.63) is 57.7 Å². The van der Waals surface area contributed by atoms with Crippen molar-refractivity contribution in [3.8, 4) is 11.1 Å². The number of hydrogen-bond acceptors (Lipinski definition) is 6. The molecule has 31 heavy (non-hydrogen) atoms. The van der Waals surface area contributed by atoms with Crippen molar-refractivity contribution in [3.63, 3.8) is 0 Å². The van der Waals surface area contributed by atoms with Crippen LogP contribution >= 0.6 is 34.7 Å². The third kappa shape index (κ3) is 5.03. The van der Waals surface area contributed by atoms with Crippen molar-refractivity contribution in [2.24, 2.45) is 0 Å². The Morgan fingerprint density at radius 3 is 2.94 bits per heavy atom. The molecule has 1 aliphatic heterocycles. The van der Waals surface area contributed by atoms with Crippen LogP contribution in [0, 0.1) is 0 Å². The van der Waals surface area contributed by atoms with E-state index in [1.165, 1.54) is 23.1 Å². The van der Waals surface area contributed by atoms with E-state index in [4.69, 9.17) is 21.3 Å². The van der Waals surface area contributed by atoms with Gasteiger partial charge in [-0.2, -0.15) is 0 Å². The summed E-state index contributed by atoms with van der Waals surface area (Å²) in [7, 11) is 0. The fraction of sp³-hybridized carbons (Fsp3) is 0.318. The maximum absolute atomic E-state index is 13.3. The number of fused-ring (bicyclic) bond motifs is 1. The van der Waals surface area contributed by atoms with Crippen molar-refractivity contribution >= 4 is 50.8 Å². The average molecular weight is 476 g/mol. The number of allylic oxidation sites excluding steroid dienone is 1. The van der Waals surface area contributed by atoms with Crippen molar-refractivity contribution in [2.75, 3.05) is 18.9 Å². The zero-order chi connectivity index (χ0) is 21.8. The minimum atomic E-state index is -0.140. The molecule has 1 N–H and O–H groups in total. The molecule has 6 nitrogen and oxygen atoms in total. The number of thioether (sulfide) groups is 1. The molecule has 0 saturated carbocycles. The average Bonchev–Trinajstić information content (AvgIpc) is 3.44. The molecule has 1 fully saturated rings. The summed E-state index contributed by atoms with van der Waals surface area (Å²) in [5.74, 6) is 0.0741. The van der Waals surface area contributed by atoms with Gasteiger partial charge in [-0.3, -0.25) is 14.2 Å². The summed E-state index contributed by atoms with van der Waals surface area (Å²) in [6, 6.07) is 7.38. The molecule has 1 saturated heterocycles. The van der Waals surface area contributed by atoms with Crippen molar-refractivity contribution < 1.29 is 9.53 Å². The van der Waals surface area contributed by atoms with Crippen LogP contribution in [0.3, 0.4) is 0 Å². The predicted molar refractivity (Wildman–Crippen MR) is 127 cm³/mol. The van der Waals surface area contributed by atoms with E-state index in [-0.39, 0.29) is 23.3 Å². The van der Waals surface area contributed by atoms with Gasteiger partial charge in [-0.25, -0.2) is 4.98 Å². The zero-order valence-electron chi connectivity index (χ0n) is 16.8. The largest absolute Gasteiger partial charge is 0.376 e. The number of nitrogens with one attached hydrogen (secondary N) is 1. The quantitative estimate of drug-likeness (QED) is 0.298. The molecule has 1 aromatic carbocycles. The van der Waals surface area contributed by atoms with Crippen LogP contribution in [0.4, 0.5) is 0 Å². The van der Waals surface area contributed by atoms with Crippen LogP contribution in [0.25, 0.3) is 21.3 Å². The number of amides is 1. The highest BCUT2D eigenvalue weighted by Crippen LogP contribution is 2.32. The van der Waals surface area contributed by atoms with Crippen LogP contribution in [0.15, 0.2) is 52.3 Å². The summed E-state index contributed by atoms with van der Waals surface area (Å²) in [6.07, 6.45) is 3.76. The normalized spacial score (nSPS) is 16.0. The van der Waals surface area contributed by atoms with Gasteiger partial charge in [-0.15, -0.1) is 17.9 Å². The summed E-state index contributed by atoms with van der Waals surface area (Å²) < 4.78 is 7.10. The monoisotopic (exact) mass is 475 g/mol. The van der Waals surface area contributed by atoms with Gasteiger partial charge in [0.2, 0.25) is 5.91 Å². The Morgan fingerprint density at radius 2 is 2.23 bits per heavy atom. The molecule has 0 spiro atoms. The topological polar surface area (TPSA) is 73.2 Å². The molecule has 4 rings (SSSR count). The van der Waals surface area contributed by atoms with E-state index in [0.29, 0.717) is 33.5 Å². The van der Waals surface area contributed by atoms with Gasteiger partial charge >= 0.3 is 0 Å². The van der Waals surface area contributed by atoms with E-state index in [9.17, 15) is 9.59 Å². The van der Waals surface area contributed by atoms with Crippen LogP contribution in [-0.2, 0) is 16.1 Å². The standard InChI is InChI=1S/C22H22ClN3O3S2/c1-2-9-26-21(28)19-17(14-5-7-15(23)8-6-14)12-30-20(19)25-22(26)31-13-18(27)24-11-16-4-3-10-29-16/h2,5-8,12,16H,1,3-4,9-11,13H2,(H,24,27)/t16-/m1/s1. The van der Waals surface area contributed by atoms with Gasteiger partial charge < -0.3 is 10.1 Å². The Morgan fingerprint density at radius 1 is 1.42 bits per heavy atom. The van der Waals surface area contributed by atoms with Gasteiger partial charge in [-0.05, 0) is 30.5 Å². The Labute approximate surface area is 193 Å². The predicted octanol–water partition coefficient (Wildman–Crippen LogP) is 4.35. The molecule has 162 valence electrons. The second kappa shape index (κ2) is 9.99. The number of aromatic nitrogens is 2. The van der Waals surface area contributed by atoms with Gasteiger partial charge in [0, 0.05) is 35.7 Å². The first-order valence-corrected chi connectivity index (χ1v) is 12.2. The number of halogens is 1. The Balaban J connectivity index is 1.57. The fourth-order valence-electron chi connectivity index (χ4n) is 3.46. The first-order valence-electron chi connectivity index (χ1n) is 9.97. The van der Waals surface area contributed by atoms with Crippen molar-refractivity contribution in [1.82, 2.24) is 14.9 Å². The molecular formula is C22H22ClN3O3S2. The van der Waals surface area contributed by atoms with Crippen LogP contribution < -0.4 is 10.9 Å². The van der Waals surface area contributed by atoms with Gasteiger partial charge in [0.15, 0.2) is 5.16 Å². The number of benzene rings is 1. The first kappa shape index (κ1) is 22.1. The number of carbonyl (C=O) groups is 1. The summed E-state index contributed by atoms with van der Waals surface area (Å²) in [6.45, 7) is 5.35. The molecule has 3 heterocycles. The Bertz CT molecular complexity index is 1150. The van der Waals surface area contributed by atoms with Crippen molar-refractivity contribution in [1.29, 1.82) is 0 Å². The minimum Gasteiger partial charge on any atom is -0.376 e. The van der Waals surface area contributed by atoms with Crippen molar-refractivity contribution in [2.45, 2.75) is 30.6 Å². The smallest absolute Gasteiger partial charge is 0.263 e. The van der Waals surface area contributed by atoms with Gasteiger partial charge in [0.1, 0.15) is 4.83 Å². The number of carbonyl (C=O) groups excluding carboxylic acids is 1. The third-order valence-electron chi connectivity index (χ3n) is 5.01. The number of hydrogen-bond donors (Lipinski definition) is 1. The first-order chi connectivity index (χ1) is 15.1. The molecule has 0 bridgehead atoms. The molecule has 1 amide bonds. The van der Waals surface area contributed by atoms with E-state index in [1.54, 1.807) is 22.8 Å². The van der Waals surface area contributed by atoms with Crippen LogP contribution in [0.1, 0.15) is 12.8 Å². The molecule has 9 heteroatoms. The molecule has 0 radical (unpaired) electrons. The van der Waals surface area contributed by atoms with Crippen LogP contribution in [-0.4, -0.2) is 40.5 Å². The SMILES string of the molecule is C=CCn1c(SCC(=O)NC[C@H]2CCCO2)nc2scc(-c3ccc(Cl)cc3)c2c1=O. The van der Waals surface area contributed by atoms with Gasteiger partial charge in [-0.1, -0.05) is 41.6 Å². The molecule has 1 atom stereocenters. The maximum atomic E-state index is 13.3. The minimum absolute atomic E-state index is 0.0970. The molecule has 0 aliphatic carbocycles. The van der Waals surface area contributed by atoms with E-state index < -0.39 is 0 Å². The number of nitrogens with zero attached hydrogens (tertiary/aromatic N) is 2. The summed E-state index contributed by atoms with van der Waals surface area (Å²) in [4.78, 5) is 31.0. The highest BCUT2D eigenvalue weighted by atomic mass is 35.5. The van der Waals surface area contributed by atoms with Crippen LogP contribution in [0.5, 0.6) is 0 Å². The second-order valence-electron chi connectivity index (χ2n) is 7.16. The zero-order valence-corrected chi connectivity index (χ0v) is 19.2. The molecule has 2 aromatic heterocycles. The molecule has 3 aromatic rings. The summed E-state index contributed by atoms with van der Waals surface area (Å²) in [5.41, 5.74) is 1.60. The van der Waals surface area contributed by atoms with Gasteiger partial charge in [0.05, 0.1) is 17.2 Å². The number of ether oxygens (including phenoxy) is 1. The van der Waals surface area contributed by atoms with E-state index in [2.05, 4.69) is 11.9 Å². The second-order valence-corrected chi connectivity index (χ2v) is 9.40. The maximum Gasteiger partial charge on any atom is 0.263 e. The lowest BCUT2D eigenvalue weighted by Crippen LogP contribution is -2.33. The van der Waals surface area contributed by atoms with E-state index >= 15 is 0 Å². The van der Waals surface area contributed by atoms with Crippen LogP contribution in [0.2, 0.25) is 5.02 Å². The lowest BCUT2D eigenvalue weighted by molar-refractivity contribution is -0.119. The van der Waals surface area contributed by atoms with Gasteiger partial charge in [0.25, 0.3) is 5.56 Å². The summed E-state index contributed by atoms with van der Waals surface area (Å²) >= 11 is 8.67. The third-order valence-corrected chi connectivity index (χ3v) is 7.11. The lowest BCUT2D eigenvalue weighted by Gasteiger charge is -2.12. The fourth-order valence-corrected chi connectivity index (χ4v) is 5.41. The number of thiophene rings is 1. The highest BCUT2D eigenvalue weighted by Gasteiger charge is 2.19. The Kier molecular flexibility index (Phi) is 7.12. The van der Waals surface area contributed by atoms with E-state index in [0.717, 1.165) is 30.6 Å². The highest BCUT2D eigenvalue weighted by molar-refractivity contribution is 7.99. The molecular weight excluding hydrogens is 454 g/mol. The molecule has 1 aliphatic rings. The summed E-state index contributed by atoms with van der Waals surface area (Å²) in [5, 5.41) is 6.55. The lowest BCUT2D eigenvalue weighted by atomic mass is 10.1. The van der Waals surface area contributed by atoms with E-state index in [1.807, 2.05) is 17.5 Å².